The predicted molar refractivity (Wildman–Crippen MR) is 82.8 cm³/mol. The molecule has 3 N–H and O–H groups in total. The van der Waals surface area contributed by atoms with Crippen molar-refractivity contribution in [2.24, 2.45) is 0 Å². The lowest BCUT2D eigenvalue weighted by molar-refractivity contribution is 0.672. The zero-order chi connectivity index (χ0) is 13.8. The number of fused-ring (bicyclic) bond motifs is 1. The smallest absolute Gasteiger partial charge is 0.0724 e. The number of pyridine rings is 1. The second kappa shape index (κ2) is 6.02. The van der Waals surface area contributed by atoms with Crippen molar-refractivity contribution >= 4 is 33.1 Å². The van der Waals surface area contributed by atoms with E-state index in [1.54, 1.807) is 12.5 Å². The Morgan fingerprint density at radius 3 is 2.95 bits per heavy atom. The van der Waals surface area contributed by atoms with Crippen LogP contribution in [0.15, 0.2) is 30.5 Å². The number of benzene rings is 1. The zero-order valence-corrected chi connectivity index (χ0v) is 12.0. The van der Waals surface area contributed by atoms with Crippen LogP contribution in [0.1, 0.15) is 13.3 Å². The van der Waals surface area contributed by atoms with Crippen molar-refractivity contribution in [1.29, 1.82) is 0 Å². The summed E-state index contributed by atoms with van der Waals surface area (Å²) in [5.74, 6) is 0. The minimum Gasteiger partial charge on any atom is -0.397 e. The third kappa shape index (κ3) is 3.23. The highest BCUT2D eigenvalue weighted by molar-refractivity contribution is 7.84. The van der Waals surface area contributed by atoms with Gasteiger partial charge in [-0.15, -0.1) is 0 Å². The van der Waals surface area contributed by atoms with E-state index in [-0.39, 0.29) is 5.25 Å². The number of hydrogen-bond acceptors (Lipinski definition) is 4. The average Bonchev–Trinajstić information content (AvgIpc) is 2.41. The van der Waals surface area contributed by atoms with E-state index in [1.165, 1.54) is 0 Å². The van der Waals surface area contributed by atoms with Crippen LogP contribution in [0.5, 0.6) is 0 Å². The second-order valence-electron chi connectivity index (χ2n) is 4.62. The molecule has 0 radical (unpaired) electrons. The molecule has 0 aliphatic heterocycles. The van der Waals surface area contributed by atoms with Crippen LogP contribution in [0.4, 0.5) is 11.4 Å². The maximum Gasteiger partial charge on any atom is 0.0724 e. The van der Waals surface area contributed by atoms with Crippen LogP contribution in [-0.4, -0.2) is 27.2 Å². The lowest BCUT2D eigenvalue weighted by Crippen LogP contribution is -2.15. The molecule has 0 aliphatic carbocycles. The number of nitrogens with two attached hydrogens (primary N) is 1. The van der Waals surface area contributed by atoms with Crippen LogP contribution in [0.3, 0.4) is 0 Å². The monoisotopic (exact) mass is 277 g/mol. The minimum atomic E-state index is -0.777. The number of nitrogens with one attached hydrogen (secondary N) is 1. The zero-order valence-electron chi connectivity index (χ0n) is 11.2. The Balaban J connectivity index is 2.09. The lowest BCUT2D eigenvalue weighted by Gasteiger charge is -2.13. The molecule has 4 nitrogen and oxygen atoms in total. The van der Waals surface area contributed by atoms with Gasteiger partial charge in [0.1, 0.15) is 0 Å². The summed E-state index contributed by atoms with van der Waals surface area (Å²) >= 11 is 0. The Hall–Kier alpha value is -1.62. The van der Waals surface area contributed by atoms with Crippen molar-refractivity contribution in [3.8, 4) is 0 Å². The van der Waals surface area contributed by atoms with Crippen molar-refractivity contribution in [1.82, 2.24) is 4.98 Å². The fraction of sp³-hybridized carbons (Fsp3) is 0.357. The first kappa shape index (κ1) is 13.8. The molecule has 2 atom stereocenters. The second-order valence-corrected chi connectivity index (χ2v) is 6.42. The molecule has 5 heteroatoms. The first-order valence-electron chi connectivity index (χ1n) is 6.29. The van der Waals surface area contributed by atoms with Crippen LogP contribution in [0.2, 0.25) is 0 Å². The Labute approximate surface area is 115 Å². The maximum atomic E-state index is 11.3. The standard InChI is InChI=1S/C14H19N3OS/c1-10(19(2)18)7-9-17-13-6-5-12-11(14(13)15)4-3-8-16-12/h3-6,8,10,17H,7,9,15H2,1-2H3. The Kier molecular flexibility index (Phi) is 4.37. The van der Waals surface area contributed by atoms with Gasteiger partial charge in [0.05, 0.1) is 16.9 Å². The molecule has 2 aromatic rings. The summed E-state index contributed by atoms with van der Waals surface area (Å²) in [6, 6.07) is 7.74. The van der Waals surface area contributed by atoms with E-state index >= 15 is 0 Å². The molecule has 0 saturated carbocycles. The number of nitrogen functional groups attached to an aromatic ring is 1. The molecule has 0 fully saturated rings. The van der Waals surface area contributed by atoms with E-state index in [2.05, 4.69) is 10.3 Å². The summed E-state index contributed by atoms with van der Waals surface area (Å²) in [4.78, 5) is 4.27. The Bertz CT molecular complexity index is 600. The van der Waals surface area contributed by atoms with Gasteiger partial charge < -0.3 is 11.1 Å². The van der Waals surface area contributed by atoms with Gasteiger partial charge in [-0.2, -0.15) is 0 Å². The minimum absolute atomic E-state index is 0.191. The number of nitrogens with zero attached hydrogens (tertiary/aromatic N) is 1. The highest BCUT2D eigenvalue weighted by Crippen LogP contribution is 2.27. The van der Waals surface area contributed by atoms with Crippen LogP contribution in [0.25, 0.3) is 10.9 Å². The molecule has 0 saturated heterocycles. The third-order valence-corrected chi connectivity index (χ3v) is 4.63. The number of aromatic nitrogens is 1. The van der Waals surface area contributed by atoms with Crippen LogP contribution in [-0.2, 0) is 10.8 Å². The molecule has 1 aromatic heterocycles. The van der Waals surface area contributed by atoms with E-state index in [4.69, 9.17) is 5.73 Å². The molecule has 1 heterocycles. The fourth-order valence-corrected chi connectivity index (χ4v) is 2.36. The first-order chi connectivity index (χ1) is 9.09. The number of hydrogen-bond donors (Lipinski definition) is 2. The molecule has 1 aromatic carbocycles. The third-order valence-electron chi connectivity index (χ3n) is 3.26. The predicted octanol–water partition coefficient (Wildman–Crippen LogP) is 2.39. The molecule has 0 bridgehead atoms. The Morgan fingerprint density at radius 1 is 1.42 bits per heavy atom. The molecule has 2 rings (SSSR count). The summed E-state index contributed by atoms with van der Waals surface area (Å²) in [6.07, 6.45) is 4.35. The van der Waals surface area contributed by atoms with E-state index in [0.717, 1.165) is 35.2 Å². The molecular weight excluding hydrogens is 258 g/mol. The first-order valence-corrected chi connectivity index (χ1v) is 7.91. The maximum absolute atomic E-state index is 11.3. The van der Waals surface area contributed by atoms with Crippen LogP contribution < -0.4 is 11.1 Å². The summed E-state index contributed by atoms with van der Waals surface area (Å²) in [6.45, 7) is 2.75. The average molecular weight is 277 g/mol. The van der Waals surface area contributed by atoms with Crippen molar-refractivity contribution in [3.05, 3.63) is 30.5 Å². The topological polar surface area (TPSA) is 68.0 Å². The van der Waals surface area contributed by atoms with Crippen molar-refractivity contribution in [2.45, 2.75) is 18.6 Å². The van der Waals surface area contributed by atoms with Crippen molar-refractivity contribution in [2.75, 3.05) is 23.9 Å². The Morgan fingerprint density at radius 2 is 2.21 bits per heavy atom. The van der Waals surface area contributed by atoms with Crippen LogP contribution >= 0.6 is 0 Å². The van der Waals surface area contributed by atoms with Gasteiger partial charge in [0.25, 0.3) is 0 Å². The highest BCUT2D eigenvalue weighted by atomic mass is 32.2. The SMILES string of the molecule is CC(CCNc1ccc2ncccc2c1N)S(C)=O. The molecule has 2 unspecified atom stereocenters. The van der Waals surface area contributed by atoms with E-state index in [0.29, 0.717) is 0 Å². The van der Waals surface area contributed by atoms with Gasteiger partial charge in [-0.1, -0.05) is 6.92 Å². The van der Waals surface area contributed by atoms with Gasteiger partial charge in [0.2, 0.25) is 0 Å². The van der Waals surface area contributed by atoms with Gasteiger partial charge in [-0.3, -0.25) is 9.19 Å². The fourth-order valence-electron chi connectivity index (χ4n) is 1.91. The molecular formula is C14H19N3OS. The summed E-state index contributed by atoms with van der Waals surface area (Å²) < 4.78 is 11.3. The van der Waals surface area contributed by atoms with Gasteiger partial charge in [-0.25, -0.2) is 0 Å². The van der Waals surface area contributed by atoms with Gasteiger partial charge >= 0.3 is 0 Å². The van der Waals surface area contributed by atoms with E-state index in [9.17, 15) is 4.21 Å². The molecule has 0 aliphatic rings. The summed E-state index contributed by atoms with van der Waals surface area (Å²) in [7, 11) is -0.777. The summed E-state index contributed by atoms with van der Waals surface area (Å²) in [5.41, 5.74) is 8.66. The number of anilines is 2. The van der Waals surface area contributed by atoms with E-state index < -0.39 is 10.8 Å². The number of rotatable bonds is 5. The van der Waals surface area contributed by atoms with Gasteiger partial charge in [0.15, 0.2) is 0 Å². The molecule has 0 amide bonds. The lowest BCUT2D eigenvalue weighted by atomic mass is 10.1. The van der Waals surface area contributed by atoms with Crippen molar-refractivity contribution < 1.29 is 4.21 Å². The van der Waals surface area contributed by atoms with Gasteiger partial charge in [0, 0.05) is 40.4 Å². The van der Waals surface area contributed by atoms with E-state index in [1.807, 2.05) is 31.2 Å². The van der Waals surface area contributed by atoms with Gasteiger partial charge in [-0.05, 0) is 30.7 Å². The summed E-state index contributed by atoms with van der Waals surface area (Å²) in [5, 5.41) is 4.45. The highest BCUT2D eigenvalue weighted by Gasteiger charge is 2.07. The molecule has 0 spiro atoms. The molecule has 102 valence electrons. The molecule has 19 heavy (non-hydrogen) atoms. The largest absolute Gasteiger partial charge is 0.397 e. The quantitative estimate of drug-likeness (QED) is 0.823. The van der Waals surface area contributed by atoms with Crippen LogP contribution in [0, 0.1) is 0 Å². The van der Waals surface area contributed by atoms with Crippen molar-refractivity contribution in [3.63, 3.8) is 0 Å². The normalized spacial score (nSPS) is 14.2.